The molecule has 1 saturated heterocycles. The topological polar surface area (TPSA) is 126 Å². The van der Waals surface area contributed by atoms with Gasteiger partial charge in [0, 0.05) is 11.9 Å². The number of ketones is 1. The molecule has 0 bridgehead atoms. The molecule has 208 valence electrons. The zero-order valence-electron chi connectivity index (χ0n) is 22.1. The van der Waals surface area contributed by atoms with Crippen LogP contribution in [0.5, 0.6) is 0 Å². The second kappa shape index (κ2) is 11.7. The average Bonchev–Trinajstić information content (AvgIpc) is 3.20. The maximum atomic E-state index is 14.2. The molecule has 1 aromatic heterocycles. The highest BCUT2D eigenvalue weighted by atomic mass is 32.2. The third kappa shape index (κ3) is 6.54. The second-order valence-electron chi connectivity index (χ2n) is 10.2. The molecule has 2 amide bonds. The molecule has 11 heteroatoms. The first-order valence-electron chi connectivity index (χ1n) is 12.8. The monoisotopic (exact) mass is 557 g/mol. The minimum absolute atomic E-state index is 0.00641. The lowest BCUT2D eigenvalue weighted by Crippen LogP contribution is -2.52. The van der Waals surface area contributed by atoms with Crippen LogP contribution in [0.2, 0.25) is 0 Å². The Hall–Kier alpha value is -3.57. The molecule has 0 radical (unpaired) electrons. The molecular formula is C28H32FN3O6S. The van der Waals surface area contributed by atoms with Gasteiger partial charge >= 0.3 is 0 Å². The molecule has 1 unspecified atom stereocenters. The van der Waals surface area contributed by atoms with E-state index in [1.165, 1.54) is 12.1 Å². The molecule has 2 aromatic carbocycles. The van der Waals surface area contributed by atoms with Gasteiger partial charge in [-0.25, -0.2) is 12.8 Å². The first kappa shape index (κ1) is 28.4. The highest BCUT2D eigenvalue weighted by Gasteiger charge is 2.35. The van der Waals surface area contributed by atoms with Crippen molar-refractivity contribution in [1.82, 2.24) is 14.9 Å². The summed E-state index contributed by atoms with van der Waals surface area (Å²) in [5, 5.41) is 6.18. The van der Waals surface area contributed by atoms with Gasteiger partial charge in [0.2, 0.25) is 15.9 Å². The van der Waals surface area contributed by atoms with E-state index in [-0.39, 0.29) is 31.1 Å². The summed E-state index contributed by atoms with van der Waals surface area (Å²) in [4.78, 5) is 38.7. The summed E-state index contributed by atoms with van der Waals surface area (Å²) in [5.41, 5.74) is 1.57. The van der Waals surface area contributed by atoms with E-state index in [0.717, 1.165) is 27.4 Å². The summed E-state index contributed by atoms with van der Waals surface area (Å²) in [6.07, 6.45) is 0.800. The van der Waals surface area contributed by atoms with Crippen molar-refractivity contribution in [2.45, 2.75) is 57.0 Å². The van der Waals surface area contributed by atoms with Gasteiger partial charge in [-0.2, -0.15) is 4.31 Å². The van der Waals surface area contributed by atoms with Gasteiger partial charge in [0.05, 0.1) is 12.6 Å². The van der Waals surface area contributed by atoms with Crippen LogP contribution in [-0.4, -0.2) is 55.5 Å². The number of carbonyl (C=O) groups is 3. The summed E-state index contributed by atoms with van der Waals surface area (Å²) in [6, 6.07) is 10.3. The van der Waals surface area contributed by atoms with E-state index in [1.807, 2.05) is 32.9 Å². The van der Waals surface area contributed by atoms with Crippen molar-refractivity contribution in [3.05, 3.63) is 65.7 Å². The Morgan fingerprint density at radius 3 is 2.62 bits per heavy atom. The van der Waals surface area contributed by atoms with Crippen LogP contribution in [0, 0.1) is 18.7 Å². The smallest absolute Gasteiger partial charge is 0.287 e. The fourth-order valence-corrected chi connectivity index (χ4v) is 6.14. The number of sulfonamides is 1. The Morgan fingerprint density at radius 1 is 1.15 bits per heavy atom. The molecule has 0 aliphatic carbocycles. The first-order valence-corrected chi connectivity index (χ1v) is 14.3. The van der Waals surface area contributed by atoms with Crippen LogP contribution >= 0.6 is 0 Å². The van der Waals surface area contributed by atoms with Crippen molar-refractivity contribution in [3.63, 3.8) is 0 Å². The van der Waals surface area contributed by atoms with Crippen LogP contribution < -0.4 is 10.6 Å². The van der Waals surface area contributed by atoms with Crippen molar-refractivity contribution in [2.24, 2.45) is 5.92 Å². The molecule has 1 fully saturated rings. The molecule has 4 rings (SSSR count). The van der Waals surface area contributed by atoms with E-state index in [4.69, 9.17) is 4.42 Å². The minimum atomic E-state index is -4.24. The first-order chi connectivity index (χ1) is 18.5. The molecule has 2 atom stereocenters. The van der Waals surface area contributed by atoms with E-state index in [0.29, 0.717) is 12.0 Å². The van der Waals surface area contributed by atoms with Crippen LogP contribution in [0.3, 0.4) is 0 Å². The SMILES string of the molecule is Cc1ccc2oc(C(=O)N[C@@H](CC(C)C)C(=O)NC3CCCN(S(=O)(=O)c4ccccc4F)CC3=O)cc2c1. The molecule has 2 heterocycles. The van der Waals surface area contributed by atoms with Crippen LogP contribution in [0.1, 0.15) is 49.2 Å². The predicted molar refractivity (Wildman–Crippen MR) is 143 cm³/mol. The number of hydrogen-bond acceptors (Lipinski definition) is 6. The van der Waals surface area contributed by atoms with Crippen LogP contribution in [0.15, 0.2) is 57.8 Å². The fourth-order valence-electron chi connectivity index (χ4n) is 4.63. The van der Waals surface area contributed by atoms with Gasteiger partial charge < -0.3 is 15.1 Å². The molecule has 3 aromatic rings. The number of hydrogen-bond donors (Lipinski definition) is 2. The average molecular weight is 558 g/mol. The number of halogens is 1. The van der Waals surface area contributed by atoms with Crippen molar-refractivity contribution >= 4 is 38.6 Å². The largest absolute Gasteiger partial charge is 0.451 e. The van der Waals surface area contributed by atoms with Gasteiger partial charge in [0.15, 0.2) is 11.5 Å². The number of nitrogens with zero attached hydrogens (tertiary/aromatic N) is 1. The molecule has 2 N–H and O–H groups in total. The molecule has 0 saturated carbocycles. The van der Waals surface area contributed by atoms with Crippen molar-refractivity contribution in [3.8, 4) is 0 Å². The molecule has 1 aliphatic rings. The van der Waals surface area contributed by atoms with Gasteiger partial charge in [0.1, 0.15) is 22.3 Å². The Kier molecular flexibility index (Phi) is 8.51. The number of benzene rings is 2. The lowest BCUT2D eigenvalue weighted by molar-refractivity contribution is -0.129. The summed E-state index contributed by atoms with van der Waals surface area (Å²) in [7, 11) is -4.24. The van der Waals surface area contributed by atoms with Gasteiger partial charge in [0.25, 0.3) is 5.91 Å². The molecule has 9 nitrogen and oxygen atoms in total. The molecular weight excluding hydrogens is 525 g/mol. The van der Waals surface area contributed by atoms with Gasteiger partial charge in [-0.15, -0.1) is 0 Å². The predicted octanol–water partition coefficient (Wildman–Crippen LogP) is 3.56. The summed E-state index contributed by atoms with van der Waals surface area (Å²) in [6.45, 7) is 5.24. The third-order valence-corrected chi connectivity index (χ3v) is 8.50. The zero-order chi connectivity index (χ0) is 28.3. The summed E-state index contributed by atoms with van der Waals surface area (Å²) < 4.78 is 46.8. The number of amides is 2. The quantitative estimate of drug-likeness (QED) is 0.436. The number of rotatable bonds is 8. The summed E-state index contributed by atoms with van der Waals surface area (Å²) in [5.74, 6) is -2.40. The van der Waals surface area contributed by atoms with Gasteiger partial charge in [-0.3, -0.25) is 14.4 Å². The number of carbonyl (C=O) groups excluding carboxylic acids is 3. The Balaban J connectivity index is 1.45. The van der Waals surface area contributed by atoms with E-state index >= 15 is 0 Å². The third-order valence-electron chi connectivity index (χ3n) is 6.62. The maximum Gasteiger partial charge on any atom is 0.287 e. The standard InChI is InChI=1S/C28H32FN3O6S/c1-17(2)13-22(31-28(35)25-15-19-14-18(3)10-11-24(19)38-25)27(34)30-21-8-6-12-32(16-23(21)33)39(36,37)26-9-5-4-7-20(26)29/h4-5,7,9-11,14-15,17,21-22H,6,8,12-13,16H2,1-3H3,(H,30,34)(H,31,35)/t21?,22-/m0/s1. The van der Waals surface area contributed by atoms with Crippen LogP contribution in [0.25, 0.3) is 11.0 Å². The molecule has 39 heavy (non-hydrogen) atoms. The Morgan fingerprint density at radius 2 is 1.90 bits per heavy atom. The van der Waals surface area contributed by atoms with E-state index in [2.05, 4.69) is 10.6 Å². The number of aryl methyl sites for hydroxylation is 1. The lowest BCUT2D eigenvalue weighted by atomic mass is 10.0. The van der Waals surface area contributed by atoms with Crippen molar-refractivity contribution in [1.29, 1.82) is 0 Å². The highest BCUT2D eigenvalue weighted by molar-refractivity contribution is 7.89. The van der Waals surface area contributed by atoms with Crippen LogP contribution in [0.4, 0.5) is 4.39 Å². The van der Waals surface area contributed by atoms with E-state index in [1.54, 1.807) is 12.1 Å². The number of furan rings is 1. The van der Waals surface area contributed by atoms with Gasteiger partial charge in [-0.05, 0) is 62.4 Å². The van der Waals surface area contributed by atoms with Gasteiger partial charge in [-0.1, -0.05) is 37.6 Å². The van der Waals surface area contributed by atoms with E-state index < -0.39 is 57.0 Å². The summed E-state index contributed by atoms with van der Waals surface area (Å²) >= 11 is 0. The second-order valence-corrected chi connectivity index (χ2v) is 12.2. The van der Waals surface area contributed by atoms with E-state index in [9.17, 15) is 27.2 Å². The number of fused-ring (bicyclic) bond motifs is 1. The Bertz CT molecular complexity index is 1500. The fraction of sp³-hybridized carbons (Fsp3) is 0.393. The maximum absolute atomic E-state index is 14.2. The number of nitrogens with one attached hydrogen (secondary N) is 2. The highest BCUT2D eigenvalue weighted by Crippen LogP contribution is 2.23. The minimum Gasteiger partial charge on any atom is -0.451 e. The van der Waals surface area contributed by atoms with Crippen molar-refractivity contribution in [2.75, 3.05) is 13.1 Å². The zero-order valence-corrected chi connectivity index (χ0v) is 22.9. The van der Waals surface area contributed by atoms with Crippen LogP contribution in [-0.2, 0) is 19.6 Å². The lowest BCUT2D eigenvalue weighted by Gasteiger charge is -2.23. The molecule has 1 aliphatic heterocycles. The Labute approximate surface area is 226 Å². The van der Waals surface area contributed by atoms with Crippen molar-refractivity contribution < 1.29 is 31.6 Å². The molecule has 0 spiro atoms. The normalized spacial score (nSPS) is 17.7. The number of Topliss-reactive ketones (excluding diaryl/α,β-unsaturated/α-hetero) is 1.